The third-order valence-corrected chi connectivity index (χ3v) is 3.84. The minimum atomic E-state index is -0.271. The van der Waals surface area contributed by atoms with E-state index < -0.39 is 0 Å². The summed E-state index contributed by atoms with van der Waals surface area (Å²) >= 11 is 0. The average molecular weight is 251 g/mol. The number of hydrogen-bond acceptors (Lipinski definition) is 2. The summed E-state index contributed by atoms with van der Waals surface area (Å²) in [4.78, 5) is 14.3. The van der Waals surface area contributed by atoms with E-state index >= 15 is 0 Å². The fraction of sp³-hybridized carbons (Fsp3) is 0.188. The molecule has 19 heavy (non-hydrogen) atoms. The number of benzene rings is 2. The van der Waals surface area contributed by atoms with Crippen LogP contribution in [0.15, 0.2) is 48.5 Å². The fourth-order valence-corrected chi connectivity index (χ4v) is 2.89. The van der Waals surface area contributed by atoms with Crippen molar-refractivity contribution in [1.82, 2.24) is 4.90 Å². The van der Waals surface area contributed by atoms with Crippen molar-refractivity contribution in [3.8, 4) is 5.75 Å². The smallest absolute Gasteiger partial charge is 0.260 e. The van der Waals surface area contributed by atoms with Crippen LogP contribution >= 0.6 is 0 Å². The van der Waals surface area contributed by atoms with Crippen LogP contribution in [0.2, 0.25) is 0 Å². The van der Waals surface area contributed by atoms with Gasteiger partial charge in [-0.15, -0.1) is 0 Å². The van der Waals surface area contributed by atoms with Gasteiger partial charge in [-0.05, 0) is 24.1 Å². The average Bonchev–Trinajstić information content (AvgIpc) is 2.47. The number of para-hydroxylation sites is 1. The Morgan fingerprint density at radius 2 is 1.84 bits per heavy atom. The van der Waals surface area contributed by atoms with Gasteiger partial charge in [-0.1, -0.05) is 36.4 Å². The van der Waals surface area contributed by atoms with Gasteiger partial charge < -0.3 is 4.74 Å². The molecule has 0 spiro atoms. The Hall–Kier alpha value is -2.29. The van der Waals surface area contributed by atoms with Crippen molar-refractivity contribution in [1.29, 1.82) is 0 Å². The van der Waals surface area contributed by atoms with Crippen LogP contribution in [0.5, 0.6) is 5.75 Å². The summed E-state index contributed by atoms with van der Waals surface area (Å²) in [5.74, 6) is 0.756. The van der Waals surface area contributed by atoms with Gasteiger partial charge in [-0.3, -0.25) is 9.69 Å². The molecule has 3 heteroatoms. The summed E-state index contributed by atoms with van der Waals surface area (Å²) in [6.45, 7) is 0.717. The van der Waals surface area contributed by atoms with Crippen LogP contribution in [-0.4, -0.2) is 17.4 Å². The lowest BCUT2D eigenvalue weighted by Gasteiger charge is -2.40. The highest BCUT2D eigenvalue weighted by atomic mass is 16.5. The zero-order valence-electron chi connectivity index (χ0n) is 10.4. The number of carbonyl (C=O) groups is 1. The summed E-state index contributed by atoms with van der Waals surface area (Å²) in [6, 6.07) is 15.7. The summed E-state index contributed by atoms with van der Waals surface area (Å²) in [5.41, 5.74) is 3.05. The van der Waals surface area contributed by atoms with Gasteiger partial charge in [0.1, 0.15) is 5.75 Å². The van der Waals surface area contributed by atoms with E-state index in [0.29, 0.717) is 11.3 Å². The van der Waals surface area contributed by atoms with Gasteiger partial charge in [-0.2, -0.15) is 0 Å². The third-order valence-electron chi connectivity index (χ3n) is 3.84. The van der Waals surface area contributed by atoms with Crippen molar-refractivity contribution in [2.75, 3.05) is 6.54 Å². The number of ether oxygens (including phenoxy) is 1. The van der Waals surface area contributed by atoms with Crippen molar-refractivity contribution in [2.24, 2.45) is 0 Å². The highest BCUT2D eigenvalue weighted by molar-refractivity contribution is 5.98. The molecule has 94 valence electrons. The van der Waals surface area contributed by atoms with Crippen LogP contribution in [0.4, 0.5) is 0 Å². The lowest BCUT2D eigenvalue weighted by molar-refractivity contribution is 0.00368. The van der Waals surface area contributed by atoms with Crippen molar-refractivity contribution in [2.45, 2.75) is 12.6 Å². The van der Waals surface area contributed by atoms with Crippen molar-refractivity contribution in [3.05, 3.63) is 65.2 Å². The van der Waals surface area contributed by atoms with E-state index in [1.807, 2.05) is 47.4 Å². The van der Waals surface area contributed by atoms with Crippen LogP contribution in [0.1, 0.15) is 27.7 Å². The Kier molecular flexibility index (Phi) is 2.15. The molecule has 0 aromatic heterocycles. The maximum Gasteiger partial charge on any atom is 0.260 e. The minimum absolute atomic E-state index is 0.0707. The van der Waals surface area contributed by atoms with Crippen LogP contribution in [0.25, 0.3) is 0 Å². The van der Waals surface area contributed by atoms with Crippen molar-refractivity contribution >= 4 is 5.91 Å². The Morgan fingerprint density at radius 3 is 2.79 bits per heavy atom. The Bertz CT molecular complexity index is 665. The summed E-state index contributed by atoms with van der Waals surface area (Å²) in [6.07, 6.45) is 0.622. The molecule has 2 aromatic carbocycles. The molecule has 2 aromatic rings. The SMILES string of the molecule is O=C1c2ccccc2O[C@H]2c3ccccc3CCN12. The first-order valence-corrected chi connectivity index (χ1v) is 6.49. The predicted octanol–water partition coefficient (Wildman–Crippen LogP) is 2.78. The quantitative estimate of drug-likeness (QED) is 0.720. The van der Waals surface area contributed by atoms with Gasteiger partial charge >= 0.3 is 0 Å². The van der Waals surface area contributed by atoms with Gasteiger partial charge in [0.15, 0.2) is 0 Å². The van der Waals surface area contributed by atoms with E-state index in [-0.39, 0.29) is 12.1 Å². The van der Waals surface area contributed by atoms with Gasteiger partial charge in [0.25, 0.3) is 5.91 Å². The van der Waals surface area contributed by atoms with Crippen LogP contribution in [-0.2, 0) is 6.42 Å². The molecule has 0 bridgehead atoms. The Balaban J connectivity index is 1.85. The standard InChI is InChI=1S/C16H13NO2/c18-15-13-7-3-4-8-14(13)19-16-12-6-2-1-5-11(12)9-10-17(15)16/h1-8,16H,9-10H2/t16-/m0/s1. The van der Waals surface area contributed by atoms with E-state index in [9.17, 15) is 4.79 Å². The van der Waals surface area contributed by atoms with Gasteiger partial charge in [0.05, 0.1) is 5.56 Å². The molecule has 0 fully saturated rings. The van der Waals surface area contributed by atoms with Gasteiger partial charge in [-0.25, -0.2) is 0 Å². The second-order valence-electron chi connectivity index (χ2n) is 4.91. The van der Waals surface area contributed by atoms with E-state index in [1.165, 1.54) is 5.56 Å². The third kappa shape index (κ3) is 1.48. The molecular weight excluding hydrogens is 238 g/mol. The fourth-order valence-electron chi connectivity index (χ4n) is 2.89. The molecule has 2 aliphatic heterocycles. The molecule has 0 N–H and O–H groups in total. The first-order chi connectivity index (χ1) is 9.34. The highest BCUT2D eigenvalue weighted by Crippen LogP contribution is 2.38. The number of nitrogens with zero attached hydrogens (tertiary/aromatic N) is 1. The monoisotopic (exact) mass is 251 g/mol. The van der Waals surface area contributed by atoms with Crippen LogP contribution < -0.4 is 4.74 Å². The van der Waals surface area contributed by atoms with Crippen LogP contribution in [0, 0.1) is 0 Å². The Labute approximate surface area is 111 Å². The molecule has 1 amide bonds. The van der Waals surface area contributed by atoms with E-state index in [0.717, 1.165) is 18.5 Å². The molecule has 1 atom stereocenters. The van der Waals surface area contributed by atoms with E-state index in [2.05, 4.69) is 6.07 Å². The molecule has 0 radical (unpaired) electrons. The zero-order chi connectivity index (χ0) is 12.8. The molecular formula is C16H13NO2. The maximum atomic E-state index is 12.5. The first-order valence-electron chi connectivity index (χ1n) is 6.49. The lowest BCUT2D eigenvalue weighted by Crippen LogP contribution is -2.45. The van der Waals surface area contributed by atoms with E-state index in [1.54, 1.807) is 0 Å². The number of fused-ring (bicyclic) bond motifs is 4. The second kappa shape index (κ2) is 3.85. The largest absolute Gasteiger partial charge is 0.465 e. The molecule has 0 unspecified atom stereocenters. The molecule has 0 saturated heterocycles. The first kappa shape index (κ1) is 10.6. The molecule has 0 saturated carbocycles. The van der Waals surface area contributed by atoms with Gasteiger partial charge in [0, 0.05) is 12.1 Å². The second-order valence-corrected chi connectivity index (χ2v) is 4.91. The summed E-state index contributed by atoms with van der Waals surface area (Å²) < 4.78 is 6.04. The lowest BCUT2D eigenvalue weighted by atomic mass is 9.96. The molecule has 2 aliphatic rings. The van der Waals surface area contributed by atoms with Crippen molar-refractivity contribution in [3.63, 3.8) is 0 Å². The predicted molar refractivity (Wildman–Crippen MR) is 71.0 cm³/mol. The normalized spacial score (nSPS) is 20.1. The number of amides is 1. The highest BCUT2D eigenvalue weighted by Gasteiger charge is 2.37. The zero-order valence-corrected chi connectivity index (χ0v) is 10.4. The van der Waals surface area contributed by atoms with Gasteiger partial charge in [0.2, 0.25) is 6.23 Å². The Morgan fingerprint density at radius 1 is 1.05 bits per heavy atom. The number of hydrogen-bond donors (Lipinski definition) is 0. The summed E-state index contributed by atoms with van der Waals surface area (Å²) in [5, 5.41) is 0. The molecule has 0 aliphatic carbocycles. The number of carbonyl (C=O) groups excluding carboxylic acids is 1. The van der Waals surface area contributed by atoms with Crippen molar-refractivity contribution < 1.29 is 9.53 Å². The molecule has 4 rings (SSSR count). The summed E-state index contributed by atoms with van der Waals surface area (Å²) in [7, 11) is 0. The van der Waals surface area contributed by atoms with E-state index in [4.69, 9.17) is 4.74 Å². The minimum Gasteiger partial charge on any atom is -0.465 e. The molecule has 2 heterocycles. The number of rotatable bonds is 0. The van der Waals surface area contributed by atoms with Crippen LogP contribution in [0.3, 0.4) is 0 Å². The maximum absolute atomic E-state index is 12.5. The molecule has 3 nitrogen and oxygen atoms in total. The topological polar surface area (TPSA) is 29.5 Å².